The molecule has 0 spiro atoms. The molecule has 0 saturated carbocycles. The Morgan fingerprint density at radius 1 is 1.17 bits per heavy atom. The maximum Gasteiger partial charge on any atom is 0.254 e. The molecule has 3 heterocycles. The van der Waals surface area contributed by atoms with E-state index in [-0.39, 0.29) is 0 Å². The highest BCUT2D eigenvalue weighted by Gasteiger charge is 2.12. The van der Waals surface area contributed by atoms with Gasteiger partial charge in [0.1, 0.15) is 17.1 Å². The molecule has 1 aromatic carbocycles. The number of hydrogen-bond donors (Lipinski definition) is 3. The van der Waals surface area contributed by atoms with Gasteiger partial charge in [0, 0.05) is 35.1 Å². The zero-order valence-electron chi connectivity index (χ0n) is 16.0. The van der Waals surface area contributed by atoms with Gasteiger partial charge in [0.15, 0.2) is 5.65 Å². The van der Waals surface area contributed by atoms with Crippen LogP contribution in [0, 0.1) is 0 Å². The summed E-state index contributed by atoms with van der Waals surface area (Å²) in [4.78, 5) is 16.5. The van der Waals surface area contributed by atoms with Crippen molar-refractivity contribution in [2.75, 3.05) is 17.1 Å². The van der Waals surface area contributed by atoms with Crippen LogP contribution in [0.5, 0.6) is 5.75 Å². The van der Waals surface area contributed by atoms with E-state index in [0.29, 0.717) is 39.8 Å². The maximum absolute atomic E-state index is 11.7. The number of H-pyrrole nitrogens is 1. The van der Waals surface area contributed by atoms with Crippen molar-refractivity contribution in [3.05, 3.63) is 67.0 Å². The third-order valence-electron chi connectivity index (χ3n) is 4.24. The van der Waals surface area contributed by atoms with Gasteiger partial charge in [-0.05, 0) is 24.3 Å². The first-order chi connectivity index (χ1) is 14.5. The molecule has 0 amide bonds. The number of nitrogens with one attached hydrogen (secondary N) is 3. The molecule has 0 radical (unpaired) electrons. The molecular weight excluding hydrogens is 404 g/mol. The van der Waals surface area contributed by atoms with Crippen LogP contribution >= 0.6 is 0 Å². The topological polar surface area (TPSA) is 122 Å². The Kier molecular flexibility index (Phi) is 5.07. The third-order valence-corrected chi connectivity index (χ3v) is 5.20. The molecule has 152 valence electrons. The molecule has 4 aromatic rings. The standard InChI is InChI=1S/C20H18N6O3S/c1-3-30(27,28)26-14-6-4-5-13(9-14)24-18-12-23-20-19(25-18)16(11-22-20)17-10-15(29-2)7-8-21-17/h3-12,26H,1H2,2H3,(H,22,23)(H,24,25). The van der Waals surface area contributed by atoms with Crippen LogP contribution in [0.15, 0.2) is 67.0 Å². The van der Waals surface area contributed by atoms with Gasteiger partial charge in [-0.3, -0.25) is 9.71 Å². The Bertz CT molecular complexity index is 1330. The molecule has 9 nitrogen and oxygen atoms in total. The van der Waals surface area contributed by atoms with Gasteiger partial charge in [-0.15, -0.1) is 0 Å². The van der Waals surface area contributed by atoms with E-state index in [1.165, 1.54) is 0 Å². The zero-order chi connectivity index (χ0) is 21.1. The van der Waals surface area contributed by atoms with E-state index in [9.17, 15) is 8.42 Å². The third kappa shape index (κ3) is 4.08. The van der Waals surface area contributed by atoms with Gasteiger partial charge >= 0.3 is 0 Å². The average molecular weight is 422 g/mol. The van der Waals surface area contributed by atoms with Crippen LogP contribution in [0.4, 0.5) is 17.2 Å². The molecule has 3 aromatic heterocycles. The van der Waals surface area contributed by atoms with E-state index in [1.807, 2.05) is 6.07 Å². The second kappa shape index (κ2) is 7.84. The summed E-state index contributed by atoms with van der Waals surface area (Å²) < 4.78 is 31.0. The molecule has 0 saturated heterocycles. The number of hydrogen-bond acceptors (Lipinski definition) is 7. The lowest BCUT2D eigenvalue weighted by molar-refractivity contribution is 0.414. The van der Waals surface area contributed by atoms with Crippen molar-refractivity contribution in [1.29, 1.82) is 0 Å². The summed E-state index contributed by atoms with van der Waals surface area (Å²) in [5, 5.41) is 3.99. The average Bonchev–Trinajstić information content (AvgIpc) is 3.17. The Morgan fingerprint density at radius 2 is 2.00 bits per heavy atom. The van der Waals surface area contributed by atoms with E-state index in [2.05, 4.69) is 36.6 Å². The van der Waals surface area contributed by atoms with Crippen molar-refractivity contribution in [2.24, 2.45) is 0 Å². The minimum atomic E-state index is -3.59. The number of anilines is 3. The SMILES string of the molecule is C=CS(=O)(=O)Nc1cccc(Nc2cnc3[nH]cc(-c4cc(OC)ccn4)c3n2)c1. The molecule has 0 aliphatic heterocycles. The number of sulfonamides is 1. The Hall–Kier alpha value is -3.92. The lowest BCUT2D eigenvalue weighted by atomic mass is 10.2. The van der Waals surface area contributed by atoms with Crippen molar-refractivity contribution >= 4 is 38.4 Å². The summed E-state index contributed by atoms with van der Waals surface area (Å²) in [6, 6.07) is 10.4. The number of fused-ring (bicyclic) bond motifs is 1. The van der Waals surface area contributed by atoms with Crippen LogP contribution in [0.2, 0.25) is 0 Å². The zero-order valence-corrected chi connectivity index (χ0v) is 16.8. The van der Waals surface area contributed by atoms with Crippen molar-refractivity contribution in [1.82, 2.24) is 19.9 Å². The van der Waals surface area contributed by atoms with Gasteiger partial charge in [0.2, 0.25) is 0 Å². The highest BCUT2D eigenvalue weighted by atomic mass is 32.2. The van der Waals surface area contributed by atoms with Crippen LogP contribution in [-0.2, 0) is 10.0 Å². The fourth-order valence-corrected chi connectivity index (χ4v) is 3.39. The number of methoxy groups -OCH3 is 1. The van der Waals surface area contributed by atoms with Gasteiger partial charge in [-0.25, -0.2) is 18.4 Å². The molecular formula is C20H18N6O3S. The van der Waals surface area contributed by atoms with Crippen molar-refractivity contribution in [3.63, 3.8) is 0 Å². The van der Waals surface area contributed by atoms with Gasteiger partial charge in [-0.1, -0.05) is 12.6 Å². The van der Waals surface area contributed by atoms with Crippen molar-refractivity contribution in [3.8, 4) is 17.0 Å². The Morgan fingerprint density at radius 3 is 2.80 bits per heavy atom. The maximum atomic E-state index is 11.7. The van der Waals surface area contributed by atoms with Crippen molar-refractivity contribution in [2.45, 2.75) is 0 Å². The molecule has 0 fully saturated rings. The Balaban J connectivity index is 1.65. The van der Waals surface area contributed by atoms with E-state index >= 15 is 0 Å². The second-order valence-electron chi connectivity index (χ2n) is 6.26. The molecule has 0 bridgehead atoms. The van der Waals surface area contributed by atoms with Crippen LogP contribution in [0.3, 0.4) is 0 Å². The number of rotatable bonds is 7. The molecule has 0 aliphatic carbocycles. The van der Waals surface area contributed by atoms with E-state index in [1.54, 1.807) is 56.0 Å². The van der Waals surface area contributed by atoms with Gasteiger partial charge in [0.25, 0.3) is 10.0 Å². The molecule has 3 N–H and O–H groups in total. The molecule has 4 rings (SSSR count). The summed E-state index contributed by atoms with van der Waals surface area (Å²) in [5.74, 6) is 1.19. The van der Waals surface area contributed by atoms with Gasteiger partial charge in [-0.2, -0.15) is 0 Å². The molecule has 10 heteroatoms. The Labute approximate surface area is 172 Å². The largest absolute Gasteiger partial charge is 0.497 e. The first-order valence-electron chi connectivity index (χ1n) is 8.84. The molecule has 0 aliphatic rings. The fraction of sp³-hybridized carbons (Fsp3) is 0.0500. The normalized spacial score (nSPS) is 11.2. The summed E-state index contributed by atoms with van der Waals surface area (Å²) in [5.41, 5.74) is 3.79. The van der Waals surface area contributed by atoms with Gasteiger partial charge < -0.3 is 15.0 Å². The fourth-order valence-electron chi connectivity index (χ4n) is 2.85. The monoisotopic (exact) mass is 422 g/mol. The highest BCUT2D eigenvalue weighted by molar-refractivity contribution is 7.95. The molecule has 0 atom stereocenters. The summed E-state index contributed by atoms with van der Waals surface area (Å²) >= 11 is 0. The lowest BCUT2D eigenvalue weighted by Gasteiger charge is -2.09. The van der Waals surface area contributed by atoms with E-state index < -0.39 is 10.0 Å². The van der Waals surface area contributed by atoms with Crippen molar-refractivity contribution < 1.29 is 13.2 Å². The van der Waals surface area contributed by atoms with E-state index in [0.717, 1.165) is 11.0 Å². The highest BCUT2D eigenvalue weighted by Crippen LogP contribution is 2.28. The number of benzene rings is 1. The summed E-state index contributed by atoms with van der Waals surface area (Å²) in [6.07, 6.45) is 5.04. The lowest BCUT2D eigenvalue weighted by Crippen LogP contribution is -2.08. The minimum absolute atomic E-state index is 0.400. The number of aromatic amines is 1. The van der Waals surface area contributed by atoms with Gasteiger partial charge in [0.05, 0.1) is 24.7 Å². The predicted octanol–water partition coefficient (Wildman–Crippen LogP) is 3.66. The quantitative estimate of drug-likeness (QED) is 0.415. The minimum Gasteiger partial charge on any atom is -0.497 e. The molecule has 30 heavy (non-hydrogen) atoms. The second-order valence-corrected chi connectivity index (χ2v) is 7.88. The van der Waals surface area contributed by atoms with Crippen LogP contribution < -0.4 is 14.8 Å². The van der Waals surface area contributed by atoms with Crippen LogP contribution in [-0.4, -0.2) is 35.5 Å². The van der Waals surface area contributed by atoms with E-state index in [4.69, 9.17) is 4.74 Å². The number of aromatic nitrogens is 4. The predicted molar refractivity (Wildman–Crippen MR) is 116 cm³/mol. The summed E-state index contributed by atoms with van der Waals surface area (Å²) in [6.45, 7) is 3.29. The number of pyridine rings is 1. The molecule has 0 unspecified atom stereocenters. The van der Waals surface area contributed by atoms with Crippen LogP contribution in [0.25, 0.3) is 22.4 Å². The number of ether oxygens (including phenoxy) is 1. The number of nitrogens with zero attached hydrogens (tertiary/aromatic N) is 3. The first kappa shape index (κ1) is 19.4. The van der Waals surface area contributed by atoms with Crippen LogP contribution in [0.1, 0.15) is 0 Å². The first-order valence-corrected chi connectivity index (χ1v) is 10.4. The smallest absolute Gasteiger partial charge is 0.254 e. The summed E-state index contributed by atoms with van der Waals surface area (Å²) in [7, 11) is -1.99.